The summed E-state index contributed by atoms with van der Waals surface area (Å²) < 4.78 is 0. The summed E-state index contributed by atoms with van der Waals surface area (Å²) in [6, 6.07) is 16.9. The van der Waals surface area contributed by atoms with Crippen molar-refractivity contribution in [1.29, 1.82) is 0 Å². The van der Waals surface area contributed by atoms with Gasteiger partial charge in [-0.3, -0.25) is 4.79 Å². The molecule has 5 nitrogen and oxygen atoms in total. The van der Waals surface area contributed by atoms with Gasteiger partial charge in [0, 0.05) is 44.4 Å². The first-order valence-corrected chi connectivity index (χ1v) is 10.6. The quantitative estimate of drug-likeness (QED) is 0.676. The molecule has 2 fully saturated rings. The van der Waals surface area contributed by atoms with Crippen LogP contribution in [0.1, 0.15) is 25.7 Å². The van der Waals surface area contributed by atoms with Crippen LogP contribution in [0.3, 0.4) is 0 Å². The number of fused-ring (bicyclic) bond motifs is 1. The lowest BCUT2D eigenvalue weighted by molar-refractivity contribution is -0.128. The molecule has 0 saturated carbocycles. The Morgan fingerprint density at radius 1 is 0.966 bits per heavy atom. The summed E-state index contributed by atoms with van der Waals surface area (Å²) in [6.45, 7) is 3.77. The van der Waals surface area contributed by atoms with Crippen molar-refractivity contribution in [2.24, 2.45) is 5.92 Å². The number of benzene rings is 2. The molecule has 0 atom stereocenters. The third-order valence-electron chi connectivity index (χ3n) is 6.24. The van der Waals surface area contributed by atoms with Crippen molar-refractivity contribution in [2.45, 2.75) is 25.7 Å². The molecule has 2 aliphatic rings. The smallest absolute Gasteiger partial charge is 0.225 e. The van der Waals surface area contributed by atoms with Gasteiger partial charge in [-0.25, -0.2) is 9.97 Å². The van der Waals surface area contributed by atoms with Gasteiger partial charge in [-0.1, -0.05) is 36.4 Å². The van der Waals surface area contributed by atoms with E-state index in [-0.39, 0.29) is 0 Å². The van der Waals surface area contributed by atoms with Crippen LogP contribution in [-0.2, 0) is 4.79 Å². The molecule has 0 aliphatic carbocycles. The van der Waals surface area contributed by atoms with Crippen LogP contribution in [0.2, 0.25) is 0 Å². The molecule has 2 saturated heterocycles. The Bertz CT molecular complexity index is 1030. The van der Waals surface area contributed by atoms with Crippen LogP contribution in [0.5, 0.6) is 0 Å². The van der Waals surface area contributed by atoms with Crippen LogP contribution < -0.4 is 4.90 Å². The molecule has 5 rings (SSSR count). The van der Waals surface area contributed by atoms with Gasteiger partial charge in [-0.05, 0) is 48.1 Å². The normalized spacial score (nSPS) is 18.0. The number of carbonyl (C=O) groups is 1. The van der Waals surface area contributed by atoms with Crippen LogP contribution in [-0.4, -0.2) is 47.0 Å². The van der Waals surface area contributed by atoms with Gasteiger partial charge >= 0.3 is 0 Å². The number of nitrogens with zero attached hydrogens (tertiary/aromatic N) is 4. The number of carbonyl (C=O) groups excluding carboxylic acids is 1. The van der Waals surface area contributed by atoms with E-state index < -0.39 is 0 Å². The van der Waals surface area contributed by atoms with Gasteiger partial charge in [0.2, 0.25) is 11.9 Å². The van der Waals surface area contributed by atoms with Gasteiger partial charge in [-0.2, -0.15) is 0 Å². The highest BCUT2D eigenvalue weighted by Gasteiger charge is 2.27. The Morgan fingerprint density at radius 2 is 1.79 bits per heavy atom. The van der Waals surface area contributed by atoms with Gasteiger partial charge in [0.1, 0.15) is 0 Å². The van der Waals surface area contributed by atoms with E-state index >= 15 is 0 Å². The fourth-order valence-electron chi connectivity index (χ4n) is 4.53. The molecule has 1 amide bonds. The van der Waals surface area contributed by atoms with Crippen LogP contribution in [0, 0.1) is 5.92 Å². The van der Waals surface area contributed by atoms with Crippen molar-refractivity contribution < 1.29 is 4.79 Å². The standard InChI is InChI=1S/C24H26N4O/c29-23-6-3-13-28(23)17-18-10-14-27(15-11-18)24-25-12-9-22(26-24)21-8-7-19-4-1-2-5-20(19)16-21/h1-2,4-5,7-9,12,16,18H,3,6,10-11,13-15,17H2. The lowest BCUT2D eigenvalue weighted by Gasteiger charge is -2.34. The first kappa shape index (κ1) is 18.1. The molecule has 148 valence electrons. The third kappa shape index (κ3) is 3.82. The van der Waals surface area contributed by atoms with Gasteiger partial charge < -0.3 is 9.80 Å². The van der Waals surface area contributed by atoms with E-state index in [1.165, 1.54) is 10.8 Å². The number of aromatic nitrogens is 2. The number of amides is 1. The molecule has 3 heterocycles. The maximum Gasteiger partial charge on any atom is 0.225 e. The van der Waals surface area contributed by atoms with E-state index in [1.807, 2.05) is 12.3 Å². The van der Waals surface area contributed by atoms with E-state index in [0.717, 1.165) is 69.1 Å². The molecule has 0 unspecified atom stereocenters. The summed E-state index contributed by atoms with van der Waals surface area (Å²) in [5, 5.41) is 2.46. The maximum absolute atomic E-state index is 11.9. The lowest BCUT2D eigenvalue weighted by Crippen LogP contribution is -2.39. The summed E-state index contributed by atoms with van der Waals surface area (Å²) in [7, 11) is 0. The van der Waals surface area contributed by atoms with Crippen molar-refractivity contribution in [3.8, 4) is 11.3 Å². The summed E-state index contributed by atoms with van der Waals surface area (Å²) in [4.78, 5) is 25.6. The topological polar surface area (TPSA) is 49.3 Å². The molecule has 2 aromatic carbocycles. The van der Waals surface area contributed by atoms with Crippen molar-refractivity contribution in [3.05, 3.63) is 54.7 Å². The van der Waals surface area contributed by atoms with Crippen molar-refractivity contribution in [2.75, 3.05) is 31.1 Å². The highest BCUT2D eigenvalue weighted by Crippen LogP contribution is 2.26. The summed E-state index contributed by atoms with van der Waals surface area (Å²) in [6.07, 6.45) is 5.80. The van der Waals surface area contributed by atoms with Crippen molar-refractivity contribution in [1.82, 2.24) is 14.9 Å². The zero-order valence-corrected chi connectivity index (χ0v) is 16.6. The first-order valence-electron chi connectivity index (χ1n) is 10.6. The molecular weight excluding hydrogens is 360 g/mol. The maximum atomic E-state index is 11.9. The zero-order valence-electron chi connectivity index (χ0n) is 16.6. The summed E-state index contributed by atoms with van der Waals surface area (Å²) >= 11 is 0. The minimum atomic E-state index is 0.332. The van der Waals surface area contributed by atoms with Gasteiger partial charge in [-0.15, -0.1) is 0 Å². The average molecular weight is 386 g/mol. The second-order valence-corrected chi connectivity index (χ2v) is 8.18. The second-order valence-electron chi connectivity index (χ2n) is 8.18. The monoisotopic (exact) mass is 386 g/mol. The highest BCUT2D eigenvalue weighted by atomic mass is 16.2. The zero-order chi connectivity index (χ0) is 19.6. The van der Waals surface area contributed by atoms with Crippen molar-refractivity contribution in [3.63, 3.8) is 0 Å². The predicted octanol–water partition coefficient (Wildman–Crippen LogP) is 4.14. The number of likely N-dealkylation sites (tertiary alicyclic amines) is 1. The molecular formula is C24H26N4O. The molecule has 3 aromatic rings. The minimum Gasteiger partial charge on any atom is -0.342 e. The lowest BCUT2D eigenvalue weighted by atomic mass is 9.96. The largest absolute Gasteiger partial charge is 0.342 e. The van der Waals surface area contributed by atoms with E-state index in [9.17, 15) is 4.79 Å². The number of piperidine rings is 1. The molecule has 0 spiro atoms. The van der Waals surface area contributed by atoms with E-state index in [1.54, 1.807) is 0 Å². The Morgan fingerprint density at radius 3 is 2.59 bits per heavy atom. The van der Waals surface area contributed by atoms with Gasteiger partial charge in [0.05, 0.1) is 5.69 Å². The second kappa shape index (κ2) is 7.82. The third-order valence-corrected chi connectivity index (χ3v) is 6.24. The molecule has 29 heavy (non-hydrogen) atoms. The Kier molecular flexibility index (Phi) is 4.88. The Labute approximate surface area is 171 Å². The molecule has 0 N–H and O–H groups in total. The van der Waals surface area contributed by atoms with Crippen LogP contribution in [0.15, 0.2) is 54.7 Å². The summed E-state index contributed by atoms with van der Waals surface area (Å²) in [5.41, 5.74) is 2.08. The molecule has 0 bridgehead atoms. The number of rotatable bonds is 4. The van der Waals surface area contributed by atoms with Crippen LogP contribution >= 0.6 is 0 Å². The SMILES string of the molecule is O=C1CCCN1CC1CCN(c2nccc(-c3ccc4ccccc4c3)n2)CC1. The Balaban J connectivity index is 1.28. The van der Waals surface area contributed by atoms with Crippen molar-refractivity contribution >= 4 is 22.6 Å². The van der Waals surface area contributed by atoms with Crippen LogP contribution in [0.4, 0.5) is 5.95 Å². The molecule has 2 aliphatic heterocycles. The van der Waals surface area contributed by atoms with E-state index in [2.05, 4.69) is 57.2 Å². The van der Waals surface area contributed by atoms with Crippen LogP contribution in [0.25, 0.3) is 22.0 Å². The number of hydrogen-bond donors (Lipinski definition) is 0. The first-order chi connectivity index (χ1) is 14.3. The van der Waals surface area contributed by atoms with Gasteiger partial charge in [0.25, 0.3) is 0 Å². The van der Waals surface area contributed by atoms with E-state index in [0.29, 0.717) is 11.8 Å². The Hall–Kier alpha value is -2.95. The summed E-state index contributed by atoms with van der Waals surface area (Å²) in [5.74, 6) is 1.74. The number of anilines is 1. The fourth-order valence-corrected chi connectivity index (χ4v) is 4.53. The van der Waals surface area contributed by atoms with E-state index in [4.69, 9.17) is 4.98 Å². The average Bonchev–Trinajstić information content (AvgIpc) is 3.18. The minimum absolute atomic E-state index is 0.332. The molecule has 0 radical (unpaired) electrons. The molecule has 5 heteroatoms. The fraction of sp³-hybridized carbons (Fsp3) is 0.375. The highest BCUT2D eigenvalue weighted by molar-refractivity contribution is 5.86. The van der Waals surface area contributed by atoms with Gasteiger partial charge in [0.15, 0.2) is 0 Å². The number of hydrogen-bond acceptors (Lipinski definition) is 4. The predicted molar refractivity (Wildman–Crippen MR) is 116 cm³/mol. The molecule has 1 aromatic heterocycles.